The van der Waals surface area contributed by atoms with Crippen molar-refractivity contribution in [2.24, 2.45) is 0 Å². The number of carbonyl (C=O) groups is 3. The molecule has 2 fully saturated rings. The van der Waals surface area contributed by atoms with Gasteiger partial charge in [-0.15, -0.1) is 12.4 Å². The highest BCUT2D eigenvalue weighted by Gasteiger charge is 2.53. The van der Waals surface area contributed by atoms with Gasteiger partial charge in [0.05, 0.1) is 5.41 Å². The Morgan fingerprint density at radius 2 is 1.35 bits per heavy atom. The van der Waals surface area contributed by atoms with E-state index >= 15 is 0 Å². The maximum absolute atomic E-state index is 14.0. The summed E-state index contributed by atoms with van der Waals surface area (Å²) in [5, 5.41) is 6.11. The molecule has 0 unspecified atom stereocenters. The molecule has 208 valence electrons. The number of hydrogen-bond acceptors (Lipinski definition) is 4. The van der Waals surface area contributed by atoms with Crippen molar-refractivity contribution >= 4 is 35.9 Å². The summed E-state index contributed by atoms with van der Waals surface area (Å²) < 4.78 is 0. The first kappa shape index (κ1) is 27.9. The van der Waals surface area contributed by atoms with Crippen LogP contribution in [0, 0.1) is 13.8 Å². The number of nitrogens with zero attached hydrogens (tertiary/aromatic N) is 2. The Balaban J connectivity index is 0.00000323. The second-order valence-corrected chi connectivity index (χ2v) is 11.1. The number of hydrogen-bond donors (Lipinski definition) is 2. The summed E-state index contributed by atoms with van der Waals surface area (Å²) in [6, 6.07) is 23.2. The number of fused-ring (bicyclic) bond motifs is 2. The molecule has 3 aliphatic heterocycles. The van der Waals surface area contributed by atoms with Crippen molar-refractivity contribution in [1.29, 1.82) is 0 Å². The fraction of sp³-hybridized carbons (Fsp3) is 0.344. The topological polar surface area (TPSA) is 81.8 Å². The average Bonchev–Trinajstić information content (AvgIpc) is 3.36. The zero-order valence-electron chi connectivity index (χ0n) is 22.9. The van der Waals surface area contributed by atoms with Crippen LogP contribution in [0.2, 0.25) is 0 Å². The van der Waals surface area contributed by atoms with Crippen LogP contribution in [-0.2, 0) is 20.5 Å². The van der Waals surface area contributed by atoms with Gasteiger partial charge in [-0.05, 0) is 75.5 Å². The Hall–Kier alpha value is -3.68. The lowest BCUT2D eigenvalue weighted by molar-refractivity contribution is -0.130. The van der Waals surface area contributed by atoms with Crippen molar-refractivity contribution < 1.29 is 14.4 Å². The van der Waals surface area contributed by atoms with Gasteiger partial charge in [-0.3, -0.25) is 14.5 Å². The summed E-state index contributed by atoms with van der Waals surface area (Å²) in [6.45, 7) is 6.72. The first-order valence-electron chi connectivity index (χ1n) is 13.8. The van der Waals surface area contributed by atoms with Crippen molar-refractivity contribution in [3.05, 3.63) is 101 Å². The number of aryl methyl sites for hydroxylation is 2. The first-order valence-corrected chi connectivity index (χ1v) is 13.8. The monoisotopic (exact) mass is 558 g/mol. The lowest BCUT2D eigenvalue weighted by Crippen LogP contribution is -2.47. The van der Waals surface area contributed by atoms with Crippen molar-refractivity contribution in [2.75, 3.05) is 31.5 Å². The van der Waals surface area contributed by atoms with E-state index in [9.17, 15) is 14.4 Å². The van der Waals surface area contributed by atoms with Gasteiger partial charge >= 0.3 is 6.03 Å². The van der Waals surface area contributed by atoms with Crippen LogP contribution in [-0.4, -0.2) is 53.8 Å². The fourth-order valence-electron chi connectivity index (χ4n) is 6.43. The highest BCUT2D eigenvalue weighted by atomic mass is 35.5. The van der Waals surface area contributed by atoms with Crippen LogP contribution in [0.3, 0.4) is 0 Å². The second-order valence-electron chi connectivity index (χ2n) is 11.1. The predicted octanol–water partition coefficient (Wildman–Crippen LogP) is 4.90. The lowest BCUT2D eigenvalue weighted by atomic mass is 9.73. The molecule has 40 heavy (non-hydrogen) atoms. The number of para-hydroxylation sites is 1. The van der Waals surface area contributed by atoms with E-state index in [-0.39, 0.29) is 30.3 Å². The van der Waals surface area contributed by atoms with Gasteiger partial charge in [0, 0.05) is 12.2 Å². The highest BCUT2D eigenvalue weighted by Crippen LogP contribution is 2.44. The maximum Gasteiger partial charge on any atom is 0.325 e. The molecule has 3 heterocycles. The minimum Gasteiger partial charge on any atom is -0.325 e. The molecule has 0 saturated carbocycles. The van der Waals surface area contributed by atoms with Crippen LogP contribution in [0.5, 0.6) is 0 Å². The van der Waals surface area contributed by atoms with Crippen molar-refractivity contribution in [1.82, 2.24) is 15.1 Å². The number of likely N-dealkylation sites (tertiary alicyclic amines) is 1. The third kappa shape index (κ3) is 4.47. The number of piperidine rings is 1. The van der Waals surface area contributed by atoms with Crippen LogP contribution < -0.4 is 10.6 Å². The minimum atomic E-state index is -1.24. The molecule has 2 N–H and O–H groups in total. The van der Waals surface area contributed by atoms with Gasteiger partial charge in [0.2, 0.25) is 5.91 Å². The molecule has 0 bridgehead atoms. The van der Waals surface area contributed by atoms with Gasteiger partial charge in [0.15, 0.2) is 5.54 Å². The van der Waals surface area contributed by atoms with Crippen LogP contribution in [0.25, 0.3) is 0 Å². The Bertz CT molecular complexity index is 1380. The summed E-state index contributed by atoms with van der Waals surface area (Å²) >= 11 is 0. The molecule has 8 heteroatoms. The third-order valence-electron chi connectivity index (χ3n) is 8.77. The van der Waals surface area contributed by atoms with Crippen LogP contribution in [0.4, 0.5) is 10.5 Å². The van der Waals surface area contributed by atoms with Gasteiger partial charge in [0.1, 0.15) is 0 Å². The summed E-state index contributed by atoms with van der Waals surface area (Å²) in [5.74, 6) is -0.136. The Labute approximate surface area is 241 Å². The molecule has 6 rings (SSSR count). The summed E-state index contributed by atoms with van der Waals surface area (Å²) in [5.41, 5.74) is 4.06. The number of carbonyl (C=O) groups excluding carboxylic acids is 3. The molecule has 0 aromatic heterocycles. The Morgan fingerprint density at radius 1 is 0.775 bits per heavy atom. The van der Waals surface area contributed by atoms with E-state index in [1.54, 1.807) is 0 Å². The zero-order chi connectivity index (χ0) is 27.2. The fourth-order valence-corrected chi connectivity index (χ4v) is 6.43. The van der Waals surface area contributed by atoms with E-state index in [2.05, 4.69) is 21.6 Å². The van der Waals surface area contributed by atoms with Gasteiger partial charge in [-0.2, -0.15) is 0 Å². The molecule has 3 aromatic carbocycles. The Morgan fingerprint density at radius 3 is 1.95 bits per heavy atom. The molecular formula is C32H35ClN4O3. The van der Waals surface area contributed by atoms with Gasteiger partial charge in [-0.25, -0.2) is 4.79 Å². The van der Waals surface area contributed by atoms with Crippen molar-refractivity contribution in [2.45, 2.75) is 44.1 Å². The van der Waals surface area contributed by atoms with E-state index < -0.39 is 11.0 Å². The first-order chi connectivity index (χ1) is 18.8. The summed E-state index contributed by atoms with van der Waals surface area (Å²) in [4.78, 5) is 43.8. The number of halogens is 1. The quantitative estimate of drug-likeness (QED) is 0.422. The molecule has 3 aromatic rings. The smallest absolute Gasteiger partial charge is 0.325 e. The number of anilines is 1. The molecule has 7 nitrogen and oxygen atoms in total. The van der Waals surface area contributed by atoms with Crippen LogP contribution in [0.1, 0.15) is 47.1 Å². The highest BCUT2D eigenvalue weighted by molar-refractivity contribution is 6.09. The lowest BCUT2D eigenvalue weighted by Gasteiger charge is -2.38. The van der Waals surface area contributed by atoms with E-state index in [1.165, 1.54) is 4.90 Å². The zero-order valence-corrected chi connectivity index (χ0v) is 23.7. The van der Waals surface area contributed by atoms with Crippen LogP contribution in [0.15, 0.2) is 72.8 Å². The number of imide groups is 1. The minimum absolute atomic E-state index is 0. The van der Waals surface area contributed by atoms with Crippen LogP contribution >= 0.6 is 12.4 Å². The molecule has 0 atom stereocenters. The SMILES string of the molecule is Cc1ccc(C2(c3ccc(C)cc3)NC(=O)N(CCCN3CCC4(CC3)C(=O)Nc3ccccc34)C2=O)cc1.Cl. The molecule has 1 spiro atoms. The van der Waals surface area contributed by atoms with Gasteiger partial charge < -0.3 is 15.5 Å². The second kappa shape index (κ2) is 10.7. The predicted molar refractivity (Wildman–Crippen MR) is 158 cm³/mol. The van der Waals surface area contributed by atoms with Crippen molar-refractivity contribution in [3.63, 3.8) is 0 Å². The largest absolute Gasteiger partial charge is 0.325 e. The summed E-state index contributed by atoms with van der Waals surface area (Å²) in [7, 11) is 0. The number of nitrogens with one attached hydrogen (secondary N) is 2. The van der Waals surface area contributed by atoms with E-state index in [1.807, 2.05) is 80.6 Å². The van der Waals surface area contributed by atoms with Gasteiger partial charge in [0.25, 0.3) is 5.91 Å². The number of amides is 4. The van der Waals surface area contributed by atoms with Gasteiger partial charge in [-0.1, -0.05) is 77.9 Å². The molecule has 2 saturated heterocycles. The maximum atomic E-state index is 14.0. The van der Waals surface area contributed by atoms with E-state index in [4.69, 9.17) is 0 Å². The molecule has 3 aliphatic rings. The molecule has 0 aliphatic carbocycles. The molecular weight excluding hydrogens is 524 g/mol. The standard InChI is InChI=1S/C32H34N4O3.ClH/c1-22-8-12-24(13-9-22)32(25-14-10-23(2)11-15-25)29(38)36(30(39)34-32)19-5-18-35-20-16-31(17-21-35)26-6-3-4-7-27(26)33-28(31)37;/h3-4,6-15H,5,16-21H2,1-2H3,(H,33,37)(H,34,39);1H. The van der Waals surface area contributed by atoms with Crippen molar-refractivity contribution in [3.8, 4) is 0 Å². The normalized spacial score (nSPS) is 19.2. The average molecular weight is 559 g/mol. The van der Waals surface area contributed by atoms with E-state index in [0.29, 0.717) is 13.0 Å². The molecule has 0 radical (unpaired) electrons. The summed E-state index contributed by atoms with van der Waals surface area (Å²) in [6.07, 6.45) is 2.21. The molecule has 4 amide bonds. The van der Waals surface area contributed by atoms with E-state index in [0.717, 1.165) is 66.0 Å². The Kier molecular flexibility index (Phi) is 7.46. The number of benzene rings is 3. The number of rotatable bonds is 6. The third-order valence-corrected chi connectivity index (χ3v) is 8.77. The number of urea groups is 1.